The molecule has 0 N–H and O–H groups in total. The molecule has 0 bridgehead atoms. The molecule has 0 aliphatic rings. The first kappa shape index (κ1) is 12.4. The predicted octanol–water partition coefficient (Wildman–Crippen LogP) is 4.10. The SMILES string of the molecule is C=C/C=C(/C)c1cc(C)c(C(C)=O)cc1C. The minimum Gasteiger partial charge on any atom is -0.295 e. The molecule has 0 aliphatic carbocycles. The highest BCUT2D eigenvalue weighted by Gasteiger charge is 2.08. The molecule has 0 fully saturated rings. The maximum absolute atomic E-state index is 11.4. The molecule has 0 atom stereocenters. The van der Waals surface area contributed by atoms with Crippen LogP contribution < -0.4 is 0 Å². The average molecular weight is 214 g/mol. The van der Waals surface area contributed by atoms with Gasteiger partial charge in [0, 0.05) is 5.56 Å². The molecule has 0 saturated heterocycles. The second-order valence-electron chi connectivity index (χ2n) is 4.12. The van der Waals surface area contributed by atoms with Crippen LogP contribution in [0.5, 0.6) is 0 Å². The van der Waals surface area contributed by atoms with E-state index in [2.05, 4.69) is 19.6 Å². The van der Waals surface area contributed by atoms with E-state index < -0.39 is 0 Å². The Hall–Kier alpha value is -1.63. The normalized spacial score (nSPS) is 11.4. The number of carbonyl (C=O) groups excluding carboxylic acids is 1. The van der Waals surface area contributed by atoms with E-state index in [1.54, 1.807) is 13.0 Å². The lowest BCUT2D eigenvalue weighted by atomic mass is 9.94. The topological polar surface area (TPSA) is 17.1 Å². The Balaban J connectivity index is 3.36. The van der Waals surface area contributed by atoms with Gasteiger partial charge in [0.05, 0.1) is 0 Å². The van der Waals surface area contributed by atoms with Crippen molar-refractivity contribution in [2.75, 3.05) is 0 Å². The van der Waals surface area contributed by atoms with E-state index in [0.717, 1.165) is 16.7 Å². The van der Waals surface area contributed by atoms with E-state index >= 15 is 0 Å². The summed E-state index contributed by atoms with van der Waals surface area (Å²) in [6.45, 7) is 11.4. The second kappa shape index (κ2) is 4.93. The van der Waals surface area contributed by atoms with Gasteiger partial charge in [-0.2, -0.15) is 0 Å². The van der Waals surface area contributed by atoms with E-state index in [1.165, 1.54) is 11.1 Å². The molecular formula is C15H18O. The number of aryl methyl sites for hydroxylation is 2. The van der Waals surface area contributed by atoms with Gasteiger partial charge in [-0.05, 0) is 56.0 Å². The standard InChI is InChI=1S/C15H18O/c1-6-7-10(2)14-8-12(4)15(13(5)16)9-11(14)3/h6-9H,1H2,2-5H3/b10-7-. The lowest BCUT2D eigenvalue weighted by molar-refractivity contribution is 0.101. The molecule has 1 aromatic rings. The molecular weight excluding hydrogens is 196 g/mol. The number of hydrogen-bond donors (Lipinski definition) is 0. The molecule has 84 valence electrons. The fraction of sp³-hybridized carbons (Fsp3) is 0.267. The third-order valence-electron chi connectivity index (χ3n) is 2.74. The Morgan fingerprint density at radius 2 is 1.62 bits per heavy atom. The molecule has 16 heavy (non-hydrogen) atoms. The minimum absolute atomic E-state index is 0.123. The van der Waals surface area contributed by atoms with Crippen LogP contribution in [0.15, 0.2) is 30.9 Å². The van der Waals surface area contributed by atoms with Crippen molar-refractivity contribution in [3.05, 3.63) is 53.1 Å². The second-order valence-corrected chi connectivity index (χ2v) is 4.12. The molecule has 1 heteroatoms. The maximum Gasteiger partial charge on any atom is 0.160 e. The van der Waals surface area contributed by atoms with Crippen molar-refractivity contribution in [3.63, 3.8) is 0 Å². The van der Waals surface area contributed by atoms with Gasteiger partial charge in [0.25, 0.3) is 0 Å². The van der Waals surface area contributed by atoms with E-state index in [4.69, 9.17) is 0 Å². The van der Waals surface area contributed by atoms with Crippen LogP contribution in [0.2, 0.25) is 0 Å². The zero-order chi connectivity index (χ0) is 12.3. The minimum atomic E-state index is 0.123. The van der Waals surface area contributed by atoms with Crippen LogP contribution in [0, 0.1) is 13.8 Å². The molecule has 0 amide bonds. The first-order valence-corrected chi connectivity index (χ1v) is 5.39. The summed E-state index contributed by atoms with van der Waals surface area (Å²) in [7, 11) is 0. The summed E-state index contributed by atoms with van der Waals surface area (Å²) in [5.74, 6) is 0.123. The number of Topliss-reactive ketones (excluding diaryl/α,β-unsaturated/α-hetero) is 1. The average Bonchev–Trinajstić information content (AvgIpc) is 2.20. The first-order valence-electron chi connectivity index (χ1n) is 5.39. The summed E-state index contributed by atoms with van der Waals surface area (Å²) in [4.78, 5) is 11.4. The van der Waals surface area contributed by atoms with Crippen LogP contribution in [-0.2, 0) is 0 Å². The molecule has 0 saturated carbocycles. The molecule has 0 aromatic heterocycles. The van der Waals surface area contributed by atoms with Crippen LogP contribution in [0.4, 0.5) is 0 Å². The van der Waals surface area contributed by atoms with E-state index in [1.807, 2.05) is 26.0 Å². The highest BCUT2D eigenvalue weighted by Crippen LogP contribution is 2.23. The summed E-state index contributed by atoms with van der Waals surface area (Å²) in [6, 6.07) is 4.04. The number of allylic oxidation sites excluding steroid dienone is 3. The van der Waals surface area contributed by atoms with Crippen LogP contribution in [0.3, 0.4) is 0 Å². The zero-order valence-corrected chi connectivity index (χ0v) is 10.4. The lowest BCUT2D eigenvalue weighted by Gasteiger charge is -2.10. The summed E-state index contributed by atoms with van der Waals surface area (Å²) >= 11 is 0. The van der Waals surface area contributed by atoms with E-state index in [0.29, 0.717) is 0 Å². The van der Waals surface area contributed by atoms with Crippen LogP contribution in [-0.4, -0.2) is 5.78 Å². The number of ketones is 1. The maximum atomic E-state index is 11.4. The Morgan fingerprint density at radius 3 is 2.12 bits per heavy atom. The summed E-state index contributed by atoms with van der Waals surface area (Å²) in [5.41, 5.74) is 5.33. The molecule has 0 heterocycles. The third kappa shape index (κ3) is 2.48. The number of rotatable bonds is 3. The molecule has 1 nitrogen and oxygen atoms in total. The zero-order valence-electron chi connectivity index (χ0n) is 10.4. The van der Waals surface area contributed by atoms with E-state index in [-0.39, 0.29) is 5.78 Å². The van der Waals surface area contributed by atoms with Crippen molar-refractivity contribution in [1.29, 1.82) is 0 Å². The molecule has 1 aromatic carbocycles. The molecule has 1 rings (SSSR count). The van der Waals surface area contributed by atoms with Crippen molar-refractivity contribution in [3.8, 4) is 0 Å². The molecule has 0 unspecified atom stereocenters. The van der Waals surface area contributed by atoms with Gasteiger partial charge >= 0.3 is 0 Å². The first-order chi connectivity index (χ1) is 7.47. The summed E-state index contributed by atoms with van der Waals surface area (Å²) < 4.78 is 0. The monoisotopic (exact) mass is 214 g/mol. The van der Waals surface area contributed by atoms with Crippen LogP contribution >= 0.6 is 0 Å². The van der Waals surface area contributed by atoms with Gasteiger partial charge in [-0.1, -0.05) is 24.8 Å². The quantitative estimate of drug-likeness (QED) is 0.547. The van der Waals surface area contributed by atoms with Gasteiger partial charge in [0.15, 0.2) is 5.78 Å². The fourth-order valence-corrected chi connectivity index (χ4v) is 1.89. The van der Waals surface area contributed by atoms with Gasteiger partial charge in [-0.15, -0.1) is 0 Å². The Kier molecular flexibility index (Phi) is 3.83. The molecule has 0 radical (unpaired) electrons. The Bertz CT molecular complexity index is 465. The van der Waals surface area contributed by atoms with Crippen LogP contribution in [0.1, 0.15) is 40.9 Å². The summed E-state index contributed by atoms with van der Waals surface area (Å²) in [6.07, 6.45) is 3.76. The van der Waals surface area contributed by atoms with Gasteiger partial charge in [-0.3, -0.25) is 4.79 Å². The Morgan fingerprint density at radius 1 is 1.12 bits per heavy atom. The Labute approximate surface area is 97.5 Å². The van der Waals surface area contributed by atoms with Crippen molar-refractivity contribution < 1.29 is 4.79 Å². The predicted molar refractivity (Wildman–Crippen MR) is 69.8 cm³/mol. The molecule has 0 spiro atoms. The van der Waals surface area contributed by atoms with Crippen molar-refractivity contribution in [2.24, 2.45) is 0 Å². The number of benzene rings is 1. The molecule has 0 aliphatic heterocycles. The van der Waals surface area contributed by atoms with Crippen molar-refractivity contribution >= 4 is 11.4 Å². The van der Waals surface area contributed by atoms with Crippen LogP contribution in [0.25, 0.3) is 5.57 Å². The summed E-state index contributed by atoms with van der Waals surface area (Å²) in [5, 5.41) is 0. The van der Waals surface area contributed by atoms with Gasteiger partial charge in [0.2, 0.25) is 0 Å². The smallest absolute Gasteiger partial charge is 0.160 e. The highest BCUT2D eigenvalue weighted by atomic mass is 16.1. The fourth-order valence-electron chi connectivity index (χ4n) is 1.89. The van der Waals surface area contributed by atoms with Crippen molar-refractivity contribution in [2.45, 2.75) is 27.7 Å². The highest BCUT2D eigenvalue weighted by molar-refractivity contribution is 5.96. The van der Waals surface area contributed by atoms with Crippen molar-refractivity contribution in [1.82, 2.24) is 0 Å². The third-order valence-corrected chi connectivity index (χ3v) is 2.74. The number of hydrogen-bond acceptors (Lipinski definition) is 1. The largest absolute Gasteiger partial charge is 0.295 e. The van der Waals surface area contributed by atoms with Gasteiger partial charge in [-0.25, -0.2) is 0 Å². The number of carbonyl (C=O) groups is 1. The van der Waals surface area contributed by atoms with E-state index in [9.17, 15) is 4.79 Å². The lowest BCUT2D eigenvalue weighted by Crippen LogP contribution is -1.99. The van der Waals surface area contributed by atoms with Gasteiger partial charge in [0.1, 0.15) is 0 Å². The van der Waals surface area contributed by atoms with Gasteiger partial charge < -0.3 is 0 Å².